The Kier molecular flexibility index (Phi) is 8.29. The Labute approximate surface area is 449 Å². The van der Waals surface area contributed by atoms with Gasteiger partial charge in [-0.1, -0.05) is 202 Å². The van der Waals surface area contributed by atoms with Crippen LogP contribution in [0.1, 0.15) is 81.3 Å². The molecule has 0 fully saturated rings. The maximum atomic E-state index is 2.70. The lowest BCUT2D eigenvalue weighted by Crippen LogP contribution is -2.60. The summed E-state index contributed by atoms with van der Waals surface area (Å²) < 4.78 is 1.40. The van der Waals surface area contributed by atoms with Crippen molar-refractivity contribution in [1.82, 2.24) is 0 Å². The van der Waals surface area contributed by atoms with Gasteiger partial charge in [0.15, 0.2) is 0 Å². The highest BCUT2D eigenvalue weighted by Crippen LogP contribution is 2.68. The Morgan fingerprint density at radius 1 is 0.395 bits per heavy atom. The van der Waals surface area contributed by atoms with Crippen molar-refractivity contribution in [2.24, 2.45) is 0 Å². The van der Waals surface area contributed by atoms with Crippen molar-refractivity contribution in [2.45, 2.75) is 50.9 Å². The summed E-state index contributed by atoms with van der Waals surface area (Å²) in [6, 6.07) is 84.7. The summed E-state index contributed by atoms with van der Waals surface area (Å²) >= 11 is 2.08. The molecule has 11 aromatic rings. The number of thiophene rings is 1. The molecule has 4 heteroatoms. The second kappa shape index (κ2) is 14.7. The van der Waals surface area contributed by atoms with Crippen molar-refractivity contribution < 1.29 is 0 Å². The largest absolute Gasteiger partial charge is 0.311 e. The van der Waals surface area contributed by atoms with Crippen LogP contribution in [-0.4, -0.2) is 6.71 Å². The molecule has 76 heavy (non-hydrogen) atoms. The zero-order valence-electron chi connectivity index (χ0n) is 43.2. The molecule has 1 aromatic heterocycles. The molecular weight excluding hydrogens is 936 g/mol. The van der Waals surface area contributed by atoms with Crippen LogP contribution < -0.4 is 25.5 Å². The Morgan fingerprint density at radius 2 is 0.882 bits per heavy atom. The Balaban J connectivity index is 1.04. The van der Waals surface area contributed by atoms with Gasteiger partial charge in [0.25, 0.3) is 6.71 Å². The Morgan fingerprint density at radius 3 is 1.45 bits per heavy atom. The summed E-state index contributed by atoms with van der Waals surface area (Å²) in [5, 5.41) is 0. The number of fused-ring (bicyclic) bond motifs is 25. The van der Waals surface area contributed by atoms with E-state index in [2.05, 4.69) is 274 Å². The van der Waals surface area contributed by atoms with E-state index in [9.17, 15) is 0 Å². The van der Waals surface area contributed by atoms with Gasteiger partial charge >= 0.3 is 0 Å². The van der Waals surface area contributed by atoms with E-state index >= 15 is 0 Å². The summed E-state index contributed by atoms with van der Waals surface area (Å²) in [6.45, 7) is 11.5. The van der Waals surface area contributed by atoms with Gasteiger partial charge in [0.1, 0.15) is 0 Å². The number of anilines is 6. The molecule has 0 unspecified atom stereocenters. The third-order valence-corrected chi connectivity index (χ3v) is 19.7. The molecule has 2 aliphatic heterocycles. The van der Waals surface area contributed by atoms with Crippen molar-refractivity contribution in [3.05, 3.63) is 279 Å². The number of para-hydroxylation sites is 1. The fraction of sp³-hybridized carbons (Fsp3) is 0.111. The third-order valence-electron chi connectivity index (χ3n) is 18.3. The minimum Gasteiger partial charge on any atom is -0.311 e. The van der Waals surface area contributed by atoms with Crippen LogP contribution in [0.2, 0.25) is 0 Å². The van der Waals surface area contributed by atoms with E-state index in [1.54, 1.807) is 0 Å². The predicted molar refractivity (Wildman–Crippen MR) is 319 cm³/mol. The molecule has 0 N–H and O–H groups in total. The second-order valence-corrected chi connectivity index (χ2v) is 24.3. The van der Waals surface area contributed by atoms with E-state index in [-0.39, 0.29) is 12.1 Å². The fourth-order valence-electron chi connectivity index (χ4n) is 15.4. The molecule has 6 aliphatic rings. The quantitative estimate of drug-likeness (QED) is 0.159. The van der Waals surface area contributed by atoms with Crippen LogP contribution in [0.5, 0.6) is 0 Å². The molecule has 2 nitrogen and oxygen atoms in total. The summed E-state index contributed by atoms with van der Waals surface area (Å²) in [7, 11) is 0. The van der Waals surface area contributed by atoms with Crippen molar-refractivity contribution in [3.8, 4) is 44.5 Å². The van der Waals surface area contributed by atoms with Gasteiger partial charge in [0.05, 0.1) is 16.5 Å². The van der Waals surface area contributed by atoms with Crippen LogP contribution in [0.25, 0.3) is 44.5 Å². The lowest BCUT2D eigenvalue weighted by atomic mass is 9.35. The van der Waals surface area contributed by atoms with Crippen molar-refractivity contribution in [3.63, 3.8) is 0 Å². The van der Waals surface area contributed by atoms with Crippen LogP contribution in [0.4, 0.5) is 34.1 Å². The Bertz CT molecular complexity index is 4290. The van der Waals surface area contributed by atoms with Gasteiger partial charge in [-0.3, -0.25) is 0 Å². The molecule has 0 saturated carbocycles. The zero-order chi connectivity index (χ0) is 50.6. The average Bonchev–Trinajstić information content (AvgIpc) is 4.40. The normalized spacial score (nSPS) is 15.3. The standard InChI is InChI=1S/C72H51BN2S/c1-42-31-36-52-59(37-42)72(57-29-17-11-23-49(57)50-24-12-18-30-58(50)72)68-65(52)67-69(76-68)73-61-41-60-53(51-25-13-16-28-56(51)71(60)54-26-14-9-21-47(54)48-22-10-15-27-55(48)71)40-62(61)74(45-19-7-6-8-20-45)63-38-43(2)39-64(66(63)73)75(67)46-34-32-44(33-35-46)70(3,4)5/h6-41H,1-5H3. The van der Waals surface area contributed by atoms with Crippen molar-refractivity contribution >= 4 is 67.9 Å². The first-order chi connectivity index (χ1) is 37.2. The van der Waals surface area contributed by atoms with Gasteiger partial charge in [-0.25, -0.2) is 0 Å². The first-order valence-electron chi connectivity index (χ1n) is 27.0. The van der Waals surface area contributed by atoms with E-state index in [1.165, 1.54) is 149 Å². The van der Waals surface area contributed by atoms with Crippen LogP contribution in [0, 0.1) is 13.8 Å². The number of hydrogen-bond donors (Lipinski definition) is 0. The monoisotopic (exact) mass is 986 g/mol. The lowest BCUT2D eigenvalue weighted by Gasteiger charge is -2.44. The van der Waals surface area contributed by atoms with Crippen molar-refractivity contribution in [2.75, 3.05) is 9.80 Å². The first kappa shape index (κ1) is 42.9. The molecule has 358 valence electrons. The lowest BCUT2D eigenvalue weighted by molar-refractivity contribution is 0.590. The highest BCUT2D eigenvalue weighted by molar-refractivity contribution is 7.30. The minimum absolute atomic E-state index is 0.00672. The van der Waals surface area contributed by atoms with Gasteiger partial charge in [-0.05, 0) is 162 Å². The molecule has 0 atom stereocenters. The van der Waals surface area contributed by atoms with E-state index in [0.717, 1.165) is 5.69 Å². The van der Waals surface area contributed by atoms with Crippen molar-refractivity contribution in [1.29, 1.82) is 0 Å². The van der Waals surface area contributed by atoms with E-state index < -0.39 is 10.8 Å². The fourth-order valence-corrected chi connectivity index (χ4v) is 17.0. The number of benzene rings is 10. The topological polar surface area (TPSA) is 6.48 Å². The second-order valence-electron chi connectivity index (χ2n) is 23.2. The van der Waals surface area contributed by atoms with Gasteiger partial charge in [0.2, 0.25) is 0 Å². The smallest absolute Gasteiger partial charge is 0.264 e. The molecule has 3 heterocycles. The molecule has 4 aliphatic carbocycles. The third kappa shape index (κ3) is 5.10. The Hall–Kier alpha value is -8.44. The summed E-state index contributed by atoms with van der Waals surface area (Å²) in [5.74, 6) is 0. The zero-order valence-corrected chi connectivity index (χ0v) is 44.0. The molecule has 10 aromatic carbocycles. The van der Waals surface area contributed by atoms with Gasteiger partial charge in [0, 0.05) is 43.7 Å². The number of hydrogen-bond acceptors (Lipinski definition) is 3. The van der Waals surface area contributed by atoms with E-state index in [4.69, 9.17) is 0 Å². The van der Waals surface area contributed by atoms with Gasteiger partial charge < -0.3 is 9.80 Å². The molecule has 17 rings (SSSR count). The molecule has 0 amide bonds. The van der Waals surface area contributed by atoms with Crippen LogP contribution in [0.3, 0.4) is 0 Å². The van der Waals surface area contributed by atoms with Gasteiger partial charge in [-0.15, -0.1) is 11.3 Å². The van der Waals surface area contributed by atoms with E-state index in [0.29, 0.717) is 0 Å². The SMILES string of the molecule is Cc1cc2c3c(c1)N(c1ccc(C(C)(C)C)cc1)c1c(sc4c1-c1ccc(C)cc1C41c4ccccc4-c4ccccc41)B3c1cc3c(cc1N2c1ccccc1)-c1ccccc1C31c2ccccc2-c2ccccc21. The average molecular weight is 987 g/mol. The van der Waals surface area contributed by atoms with Crippen LogP contribution in [-0.2, 0) is 16.2 Å². The summed E-state index contributed by atoms with van der Waals surface area (Å²) in [5.41, 5.74) is 33.2. The maximum absolute atomic E-state index is 2.70. The molecule has 0 radical (unpaired) electrons. The summed E-state index contributed by atoms with van der Waals surface area (Å²) in [4.78, 5) is 6.73. The molecule has 0 saturated heterocycles. The predicted octanol–water partition coefficient (Wildman–Crippen LogP) is 16.4. The molecule has 0 bridgehead atoms. The molecule has 2 spiro atoms. The number of aryl methyl sites for hydroxylation is 2. The summed E-state index contributed by atoms with van der Waals surface area (Å²) in [6.07, 6.45) is 0. The molecular formula is C72H51BN2S. The van der Waals surface area contributed by atoms with E-state index in [1.807, 2.05) is 0 Å². The van der Waals surface area contributed by atoms with Gasteiger partial charge in [-0.2, -0.15) is 0 Å². The first-order valence-corrected chi connectivity index (χ1v) is 27.8. The van der Waals surface area contributed by atoms with Crippen LogP contribution in [0.15, 0.2) is 218 Å². The number of nitrogens with zero attached hydrogens (tertiary/aromatic N) is 2. The number of rotatable bonds is 2. The highest BCUT2D eigenvalue weighted by atomic mass is 32.1. The van der Waals surface area contributed by atoms with Crippen LogP contribution >= 0.6 is 11.3 Å². The minimum atomic E-state index is -0.493. The highest BCUT2D eigenvalue weighted by Gasteiger charge is 2.58. The maximum Gasteiger partial charge on any atom is 0.264 e.